The van der Waals surface area contributed by atoms with E-state index in [0.29, 0.717) is 0 Å². The molecule has 0 bridgehead atoms. The van der Waals surface area contributed by atoms with E-state index in [-0.39, 0.29) is 23.1 Å². The molecule has 2 aromatic rings. The molecule has 9 heteroatoms. The predicted molar refractivity (Wildman–Crippen MR) is 70.1 cm³/mol. The first-order valence-electron chi connectivity index (χ1n) is 5.87. The van der Waals surface area contributed by atoms with Crippen LogP contribution in [0.25, 0.3) is 0 Å². The molecule has 0 aliphatic rings. The van der Waals surface area contributed by atoms with Crippen LogP contribution in [0.3, 0.4) is 0 Å². The predicted octanol–water partition coefficient (Wildman–Crippen LogP) is 3.14. The van der Waals surface area contributed by atoms with E-state index in [1.807, 2.05) is 0 Å². The molecule has 0 aromatic carbocycles. The van der Waals surface area contributed by atoms with Crippen LogP contribution in [0.2, 0.25) is 5.02 Å². The van der Waals surface area contributed by atoms with Crippen LogP contribution in [-0.2, 0) is 6.54 Å². The summed E-state index contributed by atoms with van der Waals surface area (Å²) in [6.07, 6.45) is -2.53. The molecule has 0 radical (unpaired) electrons. The molecule has 0 fully saturated rings. The van der Waals surface area contributed by atoms with Crippen molar-refractivity contribution in [3.05, 3.63) is 41.3 Å². The molecular formula is C12H10ClF3N4O. The fourth-order valence-electron chi connectivity index (χ4n) is 1.50. The van der Waals surface area contributed by atoms with Crippen molar-refractivity contribution in [3.8, 4) is 0 Å². The molecule has 0 saturated carbocycles. The van der Waals surface area contributed by atoms with Crippen LogP contribution in [0, 0.1) is 0 Å². The smallest absolute Gasteiger partial charge is 0.304 e. The maximum atomic E-state index is 12.1. The highest BCUT2D eigenvalue weighted by atomic mass is 35.5. The molecule has 21 heavy (non-hydrogen) atoms. The standard InChI is InChI=1S/C12H10ClF3N4O/c13-8-2-1-5-17-10(8)18-11(21)9-3-6-20(19-9)7-4-12(14,15)16/h1-3,5-6H,4,7H2,(H,17,18,21). The molecule has 0 atom stereocenters. The normalized spacial score (nSPS) is 11.4. The Morgan fingerprint density at radius 3 is 2.81 bits per heavy atom. The molecule has 0 unspecified atom stereocenters. The maximum absolute atomic E-state index is 12.1. The van der Waals surface area contributed by atoms with Gasteiger partial charge < -0.3 is 5.32 Å². The Morgan fingerprint density at radius 2 is 2.14 bits per heavy atom. The number of hydrogen-bond donors (Lipinski definition) is 1. The van der Waals surface area contributed by atoms with Gasteiger partial charge in [-0.05, 0) is 18.2 Å². The van der Waals surface area contributed by atoms with Crippen LogP contribution in [0.4, 0.5) is 19.0 Å². The molecule has 2 rings (SSSR count). The van der Waals surface area contributed by atoms with Gasteiger partial charge in [0.1, 0.15) is 0 Å². The van der Waals surface area contributed by atoms with E-state index < -0.39 is 18.5 Å². The van der Waals surface area contributed by atoms with Gasteiger partial charge in [0.25, 0.3) is 5.91 Å². The Kier molecular flexibility index (Phi) is 4.46. The number of pyridine rings is 1. The van der Waals surface area contributed by atoms with Gasteiger partial charge in [0.05, 0.1) is 11.4 Å². The number of anilines is 1. The maximum Gasteiger partial charge on any atom is 0.390 e. The van der Waals surface area contributed by atoms with E-state index in [1.165, 1.54) is 18.5 Å². The van der Waals surface area contributed by atoms with Crippen molar-refractivity contribution in [3.63, 3.8) is 0 Å². The van der Waals surface area contributed by atoms with Gasteiger partial charge in [0.2, 0.25) is 0 Å². The second-order valence-electron chi connectivity index (χ2n) is 4.12. The van der Waals surface area contributed by atoms with Crippen molar-refractivity contribution >= 4 is 23.3 Å². The Morgan fingerprint density at radius 1 is 1.38 bits per heavy atom. The van der Waals surface area contributed by atoms with Gasteiger partial charge in [-0.1, -0.05) is 11.6 Å². The molecule has 0 aliphatic heterocycles. The summed E-state index contributed by atoms with van der Waals surface area (Å²) in [4.78, 5) is 15.7. The third kappa shape index (κ3) is 4.45. The molecule has 5 nitrogen and oxygen atoms in total. The van der Waals surface area contributed by atoms with Crippen LogP contribution in [-0.4, -0.2) is 26.8 Å². The third-order valence-corrected chi connectivity index (χ3v) is 2.79. The van der Waals surface area contributed by atoms with Gasteiger partial charge in [-0.3, -0.25) is 9.48 Å². The molecule has 2 aromatic heterocycles. The Balaban J connectivity index is 2.01. The average Bonchev–Trinajstić information content (AvgIpc) is 2.87. The highest BCUT2D eigenvalue weighted by Gasteiger charge is 2.26. The van der Waals surface area contributed by atoms with Crippen molar-refractivity contribution in [2.45, 2.75) is 19.1 Å². The number of carbonyl (C=O) groups is 1. The lowest BCUT2D eigenvalue weighted by Gasteiger charge is -2.06. The van der Waals surface area contributed by atoms with Crippen LogP contribution < -0.4 is 5.32 Å². The minimum Gasteiger partial charge on any atom is -0.304 e. The number of rotatable bonds is 4. The molecule has 1 N–H and O–H groups in total. The second-order valence-corrected chi connectivity index (χ2v) is 4.52. The Labute approximate surface area is 122 Å². The summed E-state index contributed by atoms with van der Waals surface area (Å²) in [7, 11) is 0. The van der Waals surface area contributed by atoms with Gasteiger partial charge in [-0.25, -0.2) is 4.98 Å². The zero-order chi connectivity index (χ0) is 15.5. The van der Waals surface area contributed by atoms with Gasteiger partial charge in [-0.15, -0.1) is 0 Å². The summed E-state index contributed by atoms with van der Waals surface area (Å²) in [6.45, 7) is -0.346. The average molecular weight is 319 g/mol. The molecule has 112 valence electrons. The third-order valence-electron chi connectivity index (χ3n) is 2.49. The van der Waals surface area contributed by atoms with Crippen molar-refractivity contribution < 1.29 is 18.0 Å². The SMILES string of the molecule is O=C(Nc1ncccc1Cl)c1ccn(CCC(F)(F)F)n1. The van der Waals surface area contributed by atoms with Crippen molar-refractivity contribution in [1.29, 1.82) is 0 Å². The Hall–Kier alpha value is -2.09. The zero-order valence-corrected chi connectivity index (χ0v) is 11.3. The van der Waals surface area contributed by atoms with Gasteiger partial charge in [0.15, 0.2) is 11.5 Å². The van der Waals surface area contributed by atoms with Crippen LogP contribution in [0.5, 0.6) is 0 Å². The van der Waals surface area contributed by atoms with E-state index in [4.69, 9.17) is 11.6 Å². The quantitative estimate of drug-likeness (QED) is 0.942. The van der Waals surface area contributed by atoms with Gasteiger partial charge in [0, 0.05) is 18.9 Å². The molecular weight excluding hydrogens is 309 g/mol. The van der Waals surface area contributed by atoms with E-state index >= 15 is 0 Å². The van der Waals surface area contributed by atoms with Crippen molar-refractivity contribution in [2.75, 3.05) is 5.32 Å². The number of alkyl halides is 3. The second kappa shape index (κ2) is 6.13. The van der Waals surface area contributed by atoms with E-state index in [9.17, 15) is 18.0 Å². The summed E-state index contributed by atoms with van der Waals surface area (Å²) in [5, 5.41) is 6.46. The number of aromatic nitrogens is 3. The van der Waals surface area contributed by atoms with Crippen molar-refractivity contribution in [1.82, 2.24) is 14.8 Å². The van der Waals surface area contributed by atoms with Crippen molar-refractivity contribution in [2.24, 2.45) is 0 Å². The fourth-order valence-corrected chi connectivity index (χ4v) is 1.67. The Bertz CT molecular complexity index is 641. The number of nitrogens with zero attached hydrogens (tertiary/aromatic N) is 3. The summed E-state index contributed by atoms with van der Waals surface area (Å²) in [5.74, 6) is -0.435. The van der Waals surface area contributed by atoms with E-state index in [0.717, 1.165) is 4.68 Å². The first-order valence-corrected chi connectivity index (χ1v) is 6.25. The summed E-state index contributed by atoms with van der Waals surface area (Å²) >= 11 is 5.83. The van der Waals surface area contributed by atoms with Gasteiger partial charge >= 0.3 is 6.18 Å². The molecule has 0 aliphatic carbocycles. The van der Waals surface area contributed by atoms with Gasteiger partial charge in [-0.2, -0.15) is 18.3 Å². The number of hydrogen-bond acceptors (Lipinski definition) is 3. The lowest BCUT2D eigenvalue weighted by atomic mass is 10.4. The monoisotopic (exact) mass is 318 g/mol. The highest BCUT2D eigenvalue weighted by molar-refractivity contribution is 6.33. The lowest BCUT2D eigenvalue weighted by molar-refractivity contribution is -0.137. The van der Waals surface area contributed by atoms with Crippen LogP contribution in [0.15, 0.2) is 30.6 Å². The minimum atomic E-state index is -4.27. The first kappa shape index (κ1) is 15.3. The zero-order valence-electron chi connectivity index (χ0n) is 10.6. The van der Waals surface area contributed by atoms with Crippen LogP contribution in [0.1, 0.15) is 16.9 Å². The lowest BCUT2D eigenvalue weighted by Crippen LogP contribution is -2.16. The van der Waals surface area contributed by atoms with E-state index in [2.05, 4.69) is 15.4 Å². The van der Waals surface area contributed by atoms with E-state index in [1.54, 1.807) is 12.1 Å². The summed E-state index contributed by atoms with van der Waals surface area (Å²) in [5.41, 5.74) is -0.0149. The minimum absolute atomic E-state index is 0.0149. The number of carbonyl (C=O) groups excluding carboxylic acids is 1. The highest BCUT2D eigenvalue weighted by Crippen LogP contribution is 2.20. The summed E-state index contributed by atoms with van der Waals surface area (Å²) in [6, 6.07) is 4.47. The summed E-state index contributed by atoms with van der Waals surface area (Å²) < 4.78 is 37.3. The number of halogens is 4. The fraction of sp³-hybridized carbons (Fsp3) is 0.250. The number of aryl methyl sites for hydroxylation is 1. The molecule has 0 spiro atoms. The molecule has 1 amide bonds. The largest absolute Gasteiger partial charge is 0.390 e. The first-order chi connectivity index (χ1) is 9.85. The molecule has 0 saturated heterocycles. The molecule has 2 heterocycles. The topological polar surface area (TPSA) is 59.8 Å². The number of nitrogens with one attached hydrogen (secondary N) is 1. The van der Waals surface area contributed by atoms with Crippen LogP contribution >= 0.6 is 11.6 Å². The number of amides is 1.